The van der Waals surface area contributed by atoms with Crippen LogP contribution in [0.1, 0.15) is 25.0 Å². The van der Waals surface area contributed by atoms with Crippen LogP contribution in [0.15, 0.2) is 200 Å². The van der Waals surface area contributed by atoms with Gasteiger partial charge in [0.2, 0.25) is 0 Å². The molecule has 0 saturated heterocycles. The molecule has 9 aromatic carbocycles. The van der Waals surface area contributed by atoms with Gasteiger partial charge in [-0.05, 0) is 124 Å². The molecule has 0 N–H and O–H groups in total. The summed E-state index contributed by atoms with van der Waals surface area (Å²) in [4.78, 5) is 0. The van der Waals surface area contributed by atoms with Gasteiger partial charge in [0.1, 0.15) is 5.65 Å². The number of aromatic nitrogens is 4. The van der Waals surface area contributed by atoms with Gasteiger partial charge >= 0.3 is 0 Å². The Morgan fingerprint density at radius 1 is 0.328 bits per heavy atom. The van der Waals surface area contributed by atoms with E-state index in [1.807, 2.05) is 0 Å². The Morgan fingerprint density at radius 2 is 0.844 bits per heavy atom. The van der Waals surface area contributed by atoms with Crippen molar-refractivity contribution in [3.8, 4) is 39.3 Å². The van der Waals surface area contributed by atoms with E-state index in [2.05, 4.69) is 239 Å². The lowest BCUT2D eigenvalue weighted by molar-refractivity contribution is 0.661. The van der Waals surface area contributed by atoms with Crippen molar-refractivity contribution < 1.29 is 0 Å². The van der Waals surface area contributed by atoms with E-state index in [9.17, 15) is 0 Å². The minimum atomic E-state index is -0.183. The first-order valence-corrected chi connectivity index (χ1v) is 22.3. The van der Waals surface area contributed by atoms with Crippen molar-refractivity contribution >= 4 is 76.5 Å². The molecule has 0 atom stereocenters. The molecule has 4 aromatic heterocycles. The van der Waals surface area contributed by atoms with Gasteiger partial charge in [0.25, 0.3) is 0 Å². The van der Waals surface area contributed by atoms with Crippen LogP contribution >= 0.6 is 0 Å². The van der Waals surface area contributed by atoms with Crippen LogP contribution in [-0.4, -0.2) is 18.3 Å². The van der Waals surface area contributed by atoms with Crippen LogP contribution in [0.2, 0.25) is 0 Å². The van der Waals surface area contributed by atoms with Crippen LogP contribution < -0.4 is 0 Å². The van der Waals surface area contributed by atoms with E-state index in [0.717, 1.165) is 0 Å². The van der Waals surface area contributed by atoms with E-state index in [1.54, 1.807) is 0 Å². The molecule has 14 rings (SSSR count). The largest absolute Gasteiger partial charge is 0.329 e. The number of rotatable bonds is 4. The molecular weight excluding hydrogens is 777 g/mol. The van der Waals surface area contributed by atoms with Crippen molar-refractivity contribution in [2.24, 2.45) is 7.05 Å². The van der Waals surface area contributed by atoms with Gasteiger partial charge in [-0.1, -0.05) is 123 Å². The molecule has 64 heavy (non-hydrogen) atoms. The maximum absolute atomic E-state index is 2.50. The molecule has 0 radical (unpaired) electrons. The van der Waals surface area contributed by atoms with Gasteiger partial charge < -0.3 is 13.7 Å². The lowest BCUT2D eigenvalue weighted by Gasteiger charge is -2.22. The quantitative estimate of drug-likeness (QED) is 0.169. The standard InChI is InChI=1S/C60H42N4/c1-60(2)50-29-26-37(38-27-30-56-49(33-38)58-44-22-12-13-23-52(44)61(3)59(58)64(56)40-18-8-5-9-19-40)32-45(50)46-35-48-43-21-11-15-25-54(43)63(57(48)36-51(46)60)41-28-31-55-47(34-41)42-20-10-14-24-53(42)62(55)39-16-6-4-7-17-39/h4-36H,1-3H3. The van der Waals surface area contributed by atoms with E-state index in [0.29, 0.717) is 0 Å². The minimum Gasteiger partial charge on any atom is -0.329 e. The van der Waals surface area contributed by atoms with E-state index < -0.39 is 0 Å². The third-order valence-corrected chi connectivity index (χ3v) is 14.5. The lowest BCUT2D eigenvalue weighted by Crippen LogP contribution is -2.15. The van der Waals surface area contributed by atoms with Gasteiger partial charge in [-0.15, -0.1) is 0 Å². The molecule has 4 heteroatoms. The van der Waals surface area contributed by atoms with E-state index in [4.69, 9.17) is 0 Å². The summed E-state index contributed by atoms with van der Waals surface area (Å²) in [7, 11) is 2.20. The third kappa shape index (κ3) is 4.66. The summed E-state index contributed by atoms with van der Waals surface area (Å²) in [5.41, 5.74) is 19.7. The van der Waals surface area contributed by atoms with Crippen LogP contribution in [0.25, 0.3) is 116 Å². The summed E-state index contributed by atoms with van der Waals surface area (Å²) in [5.74, 6) is 0. The minimum absolute atomic E-state index is 0.183. The number of hydrogen-bond acceptors (Lipinski definition) is 0. The van der Waals surface area contributed by atoms with E-state index in [1.165, 1.54) is 127 Å². The number of aryl methyl sites for hydroxylation is 1. The van der Waals surface area contributed by atoms with Crippen LogP contribution in [0.5, 0.6) is 0 Å². The van der Waals surface area contributed by atoms with Gasteiger partial charge in [0.05, 0.1) is 33.1 Å². The zero-order valence-corrected chi connectivity index (χ0v) is 35.8. The molecule has 1 aliphatic rings. The average Bonchev–Trinajstić information content (AvgIpc) is 4.10. The normalized spacial score (nSPS) is 13.4. The summed E-state index contributed by atoms with van der Waals surface area (Å²) in [6.45, 7) is 4.80. The fraction of sp³-hybridized carbons (Fsp3) is 0.0667. The molecule has 0 amide bonds. The fourth-order valence-corrected chi connectivity index (χ4v) is 11.6. The first-order chi connectivity index (χ1) is 31.4. The van der Waals surface area contributed by atoms with Gasteiger partial charge in [-0.2, -0.15) is 0 Å². The van der Waals surface area contributed by atoms with Crippen LogP contribution in [0.3, 0.4) is 0 Å². The SMILES string of the molecule is Cn1c2ccccc2c2c3cc(-c4ccc5c(c4)-c4cc6c7ccccc7n(-c7ccc8c(c7)c7ccccc7n8-c7ccccc7)c6cc4C5(C)C)ccc3n(-c3ccccc3)c21. The maximum atomic E-state index is 2.50. The number of fused-ring (bicyclic) bond motifs is 14. The molecule has 0 unspecified atom stereocenters. The first kappa shape index (κ1) is 35.5. The van der Waals surface area contributed by atoms with Crippen molar-refractivity contribution in [2.75, 3.05) is 0 Å². The highest BCUT2D eigenvalue weighted by Gasteiger charge is 2.37. The highest BCUT2D eigenvalue weighted by molar-refractivity contribution is 6.22. The second-order valence-electron chi connectivity index (χ2n) is 18.2. The Kier molecular flexibility index (Phi) is 7.07. The Labute approximate surface area is 370 Å². The van der Waals surface area contributed by atoms with Gasteiger partial charge in [0, 0.05) is 67.2 Å². The Balaban J connectivity index is 0.955. The zero-order chi connectivity index (χ0) is 42.4. The van der Waals surface area contributed by atoms with Gasteiger partial charge in [0.15, 0.2) is 0 Å². The molecule has 4 nitrogen and oxygen atoms in total. The van der Waals surface area contributed by atoms with Crippen molar-refractivity contribution in [3.05, 3.63) is 211 Å². The predicted molar refractivity (Wildman–Crippen MR) is 269 cm³/mol. The second-order valence-corrected chi connectivity index (χ2v) is 18.2. The maximum Gasteiger partial charge on any atom is 0.126 e. The molecule has 1 aliphatic carbocycles. The number of hydrogen-bond donors (Lipinski definition) is 0. The monoisotopic (exact) mass is 818 g/mol. The van der Waals surface area contributed by atoms with Crippen molar-refractivity contribution in [3.63, 3.8) is 0 Å². The van der Waals surface area contributed by atoms with Crippen molar-refractivity contribution in [1.29, 1.82) is 0 Å². The van der Waals surface area contributed by atoms with Crippen molar-refractivity contribution in [1.82, 2.24) is 18.3 Å². The van der Waals surface area contributed by atoms with Crippen LogP contribution in [0.4, 0.5) is 0 Å². The molecule has 0 saturated carbocycles. The Bertz CT molecular complexity index is 4100. The lowest BCUT2D eigenvalue weighted by atomic mass is 9.82. The van der Waals surface area contributed by atoms with Crippen molar-refractivity contribution in [2.45, 2.75) is 19.3 Å². The first-order valence-electron chi connectivity index (χ1n) is 22.3. The molecular formula is C60H42N4. The molecule has 13 aromatic rings. The summed E-state index contributed by atoms with van der Waals surface area (Å²) >= 11 is 0. The van der Waals surface area contributed by atoms with Crippen LogP contribution in [-0.2, 0) is 12.5 Å². The summed E-state index contributed by atoms with van der Waals surface area (Å²) in [6, 6.07) is 74.3. The highest BCUT2D eigenvalue weighted by Crippen LogP contribution is 2.52. The Hall–Kier alpha value is -8.08. The smallest absolute Gasteiger partial charge is 0.126 e. The summed E-state index contributed by atoms with van der Waals surface area (Å²) in [5, 5.41) is 8.90. The predicted octanol–water partition coefficient (Wildman–Crippen LogP) is 15.4. The van der Waals surface area contributed by atoms with E-state index >= 15 is 0 Å². The van der Waals surface area contributed by atoms with Gasteiger partial charge in [-0.3, -0.25) is 4.57 Å². The Morgan fingerprint density at radius 3 is 1.56 bits per heavy atom. The van der Waals surface area contributed by atoms with Gasteiger partial charge in [-0.25, -0.2) is 0 Å². The number of nitrogens with zero attached hydrogens (tertiary/aromatic N) is 4. The molecule has 4 heterocycles. The van der Waals surface area contributed by atoms with Crippen LogP contribution in [0, 0.1) is 0 Å². The average molecular weight is 819 g/mol. The molecule has 0 spiro atoms. The molecule has 0 bridgehead atoms. The fourth-order valence-electron chi connectivity index (χ4n) is 11.6. The summed E-state index contributed by atoms with van der Waals surface area (Å²) < 4.78 is 9.67. The number of para-hydroxylation sites is 5. The molecule has 0 aliphatic heterocycles. The molecule has 0 fully saturated rings. The zero-order valence-electron chi connectivity index (χ0n) is 35.8. The van der Waals surface area contributed by atoms with E-state index in [-0.39, 0.29) is 5.41 Å². The topological polar surface area (TPSA) is 19.7 Å². The highest BCUT2D eigenvalue weighted by atomic mass is 15.1. The molecule has 302 valence electrons. The number of benzene rings is 9. The second kappa shape index (κ2) is 12.7. The third-order valence-electron chi connectivity index (χ3n) is 14.5. The summed E-state index contributed by atoms with van der Waals surface area (Å²) in [6.07, 6.45) is 0.